The zero-order chi connectivity index (χ0) is 19.4. The van der Waals surface area contributed by atoms with E-state index >= 15 is 0 Å². The van der Waals surface area contributed by atoms with Crippen LogP contribution >= 0.6 is 0 Å². The summed E-state index contributed by atoms with van der Waals surface area (Å²) in [4.78, 5) is 16.9. The molecule has 0 spiro atoms. The van der Waals surface area contributed by atoms with Crippen LogP contribution in [0.1, 0.15) is 17.7 Å². The first kappa shape index (κ1) is 18.9. The first-order valence-electron chi connectivity index (χ1n) is 8.38. The Morgan fingerprint density at radius 1 is 1.22 bits per heavy atom. The van der Waals surface area contributed by atoms with Gasteiger partial charge >= 0.3 is 6.09 Å². The van der Waals surface area contributed by atoms with Crippen molar-refractivity contribution in [2.75, 3.05) is 19.3 Å². The maximum Gasteiger partial charge on any atom is 0.407 e. The Bertz CT molecular complexity index is 951. The van der Waals surface area contributed by atoms with E-state index in [1.165, 1.54) is 17.0 Å². The smallest absolute Gasteiger partial charge is 0.407 e. The lowest BCUT2D eigenvalue weighted by molar-refractivity contribution is 0.150. The monoisotopic (exact) mass is 388 g/mol. The van der Waals surface area contributed by atoms with Gasteiger partial charge in [0.05, 0.1) is 10.6 Å². The van der Waals surface area contributed by atoms with Crippen LogP contribution in [-0.2, 0) is 16.4 Å². The summed E-state index contributed by atoms with van der Waals surface area (Å²) in [5.41, 5.74) is 2.81. The van der Waals surface area contributed by atoms with Gasteiger partial charge in [0.2, 0.25) is 0 Å². The lowest BCUT2D eigenvalue weighted by Gasteiger charge is -2.23. The summed E-state index contributed by atoms with van der Waals surface area (Å²) < 4.78 is 28.5. The van der Waals surface area contributed by atoms with E-state index in [1.807, 2.05) is 18.2 Å². The van der Waals surface area contributed by atoms with Crippen molar-refractivity contribution >= 4 is 21.5 Å². The summed E-state index contributed by atoms with van der Waals surface area (Å²) in [5.74, 6) is 0.567. The van der Waals surface area contributed by atoms with E-state index in [0.717, 1.165) is 23.1 Å². The fourth-order valence-electron chi connectivity index (χ4n) is 2.75. The summed E-state index contributed by atoms with van der Waals surface area (Å²) >= 11 is 0. The van der Waals surface area contributed by atoms with E-state index in [-0.39, 0.29) is 11.5 Å². The van der Waals surface area contributed by atoms with Crippen molar-refractivity contribution in [2.45, 2.75) is 17.9 Å². The highest BCUT2D eigenvalue weighted by molar-refractivity contribution is 7.90. The molecule has 7 nitrogen and oxygen atoms in total. The van der Waals surface area contributed by atoms with Gasteiger partial charge in [-0.2, -0.15) is 0 Å². The SMILES string of the molecule is CS(=O)(=O)c1ccc(OCc2ccc(C3=CCN(C(=O)O)CC3)cn2)cc1. The first-order chi connectivity index (χ1) is 12.8. The zero-order valence-corrected chi connectivity index (χ0v) is 15.6. The van der Waals surface area contributed by atoms with Crippen LogP contribution in [0.25, 0.3) is 5.57 Å². The van der Waals surface area contributed by atoms with Gasteiger partial charge in [-0.25, -0.2) is 13.2 Å². The van der Waals surface area contributed by atoms with Crippen LogP contribution in [-0.4, -0.2) is 48.8 Å². The number of pyridine rings is 1. The van der Waals surface area contributed by atoms with Crippen LogP contribution in [0.5, 0.6) is 5.75 Å². The van der Waals surface area contributed by atoms with Crippen LogP contribution in [0, 0.1) is 0 Å². The minimum Gasteiger partial charge on any atom is -0.487 e. The average Bonchev–Trinajstić information content (AvgIpc) is 2.66. The minimum absolute atomic E-state index is 0.250. The third-order valence-corrected chi connectivity index (χ3v) is 5.44. The molecular weight excluding hydrogens is 368 g/mol. The molecule has 142 valence electrons. The molecule has 8 heteroatoms. The van der Waals surface area contributed by atoms with Crippen LogP contribution in [0.2, 0.25) is 0 Å². The molecule has 1 aliphatic heterocycles. The Morgan fingerprint density at radius 2 is 1.96 bits per heavy atom. The normalized spacial score (nSPS) is 14.6. The average molecular weight is 388 g/mol. The maximum atomic E-state index is 11.5. The highest BCUT2D eigenvalue weighted by Crippen LogP contribution is 2.22. The molecule has 0 aliphatic carbocycles. The molecular formula is C19H20N2O5S. The third-order valence-electron chi connectivity index (χ3n) is 4.31. The molecule has 1 N–H and O–H groups in total. The van der Waals surface area contributed by atoms with E-state index < -0.39 is 15.9 Å². The Kier molecular flexibility index (Phi) is 5.46. The molecule has 1 aliphatic rings. The fourth-order valence-corrected chi connectivity index (χ4v) is 3.38. The Hall–Kier alpha value is -2.87. The Morgan fingerprint density at radius 3 is 2.48 bits per heavy atom. The largest absolute Gasteiger partial charge is 0.487 e. The molecule has 0 atom stereocenters. The highest BCUT2D eigenvalue weighted by Gasteiger charge is 2.16. The van der Waals surface area contributed by atoms with Gasteiger partial charge in [-0.15, -0.1) is 0 Å². The molecule has 1 aromatic carbocycles. The molecule has 0 saturated heterocycles. The van der Waals surface area contributed by atoms with Crippen LogP contribution in [0.4, 0.5) is 4.79 Å². The van der Waals surface area contributed by atoms with Crippen LogP contribution < -0.4 is 4.74 Å². The minimum atomic E-state index is -3.22. The number of hydrogen-bond donors (Lipinski definition) is 1. The van der Waals surface area contributed by atoms with Crippen molar-refractivity contribution in [1.29, 1.82) is 0 Å². The summed E-state index contributed by atoms with van der Waals surface area (Å²) in [6, 6.07) is 10.1. The van der Waals surface area contributed by atoms with Crippen molar-refractivity contribution in [3.05, 3.63) is 59.9 Å². The standard InChI is InChI=1S/C19H20N2O5S/c1-27(24,25)18-6-4-17(5-7-18)26-13-16-3-2-15(12-20-16)14-8-10-21(11-9-14)19(22)23/h2-8,12H,9-11,13H2,1H3,(H,22,23). The Balaban J connectivity index is 1.59. The van der Waals surface area contributed by atoms with Crippen molar-refractivity contribution in [1.82, 2.24) is 9.88 Å². The Labute approximate surface area is 157 Å². The van der Waals surface area contributed by atoms with Gasteiger partial charge in [-0.05, 0) is 47.9 Å². The molecule has 0 radical (unpaired) electrons. The second-order valence-corrected chi connectivity index (χ2v) is 8.29. The topological polar surface area (TPSA) is 96.8 Å². The number of carboxylic acid groups (broad SMARTS) is 1. The molecule has 1 aromatic heterocycles. The van der Waals surface area contributed by atoms with Gasteiger partial charge in [0.15, 0.2) is 9.84 Å². The van der Waals surface area contributed by atoms with Gasteiger partial charge in [-0.1, -0.05) is 12.1 Å². The second kappa shape index (κ2) is 7.79. The van der Waals surface area contributed by atoms with Crippen molar-refractivity contribution < 1.29 is 23.1 Å². The highest BCUT2D eigenvalue weighted by atomic mass is 32.2. The van der Waals surface area contributed by atoms with E-state index in [4.69, 9.17) is 9.84 Å². The predicted octanol–water partition coefficient (Wildman–Crippen LogP) is 2.83. The number of rotatable bonds is 5. The third kappa shape index (κ3) is 4.85. The number of ether oxygens (including phenoxy) is 1. The lowest BCUT2D eigenvalue weighted by atomic mass is 10.0. The van der Waals surface area contributed by atoms with Crippen molar-refractivity contribution in [3.63, 3.8) is 0 Å². The van der Waals surface area contributed by atoms with Gasteiger partial charge in [0, 0.05) is 25.5 Å². The molecule has 2 heterocycles. The van der Waals surface area contributed by atoms with Gasteiger partial charge < -0.3 is 14.7 Å². The summed E-state index contributed by atoms with van der Waals surface area (Å²) in [5, 5.41) is 8.98. The first-order valence-corrected chi connectivity index (χ1v) is 10.3. The predicted molar refractivity (Wildman–Crippen MR) is 100 cm³/mol. The molecule has 0 saturated carbocycles. The molecule has 27 heavy (non-hydrogen) atoms. The molecule has 0 unspecified atom stereocenters. The van der Waals surface area contributed by atoms with Gasteiger partial charge in [0.25, 0.3) is 0 Å². The number of nitrogens with zero attached hydrogens (tertiary/aromatic N) is 2. The number of hydrogen-bond acceptors (Lipinski definition) is 5. The van der Waals surface area contributed by atoms with Gasteiger partial charge in [0.1, 0.15) is 12.4 Å². The molecule has 3 rings (SSSR count). The molecule has 1 amide bonds. The zero-order valence-electron chi connectivity index (χ0n) is 14.8. The maximum absolute atomic E-state index is 11.5. The summed E-state index contributed by atoms with van der Waals surface area (Å²) in [6.07, 6.45) is 4.59. The molecule has 0 fully saturated rings. The molecule has 2 aromatic rings. The molecule has 0 bridgehead atoms. The lowest BCUT2D eigenvalue weighted by Crippen LogP contribution is -2.33. The van der Waals surface area contributed by atoms with E-state index in [1.54, 1.807) is 18.3 Å². The van der Waals surface area contributed by atoms with E-state index in [0.29, 0.717) is 25.3 Å². The number of aromatic nitrogens is 1. The van der Waals surface area contributed by atoms with Gasteiger partial charge in [-0.3, -0.25) is 4.98 Å². The van der Waals surface area contributed by atoms with Crippen LogP contribution in [0.15, 0.2) is 53.6 Å². The number of benzene rings is 1. The fraction of sp³-hybridized carbons (Fsp3) is 0.263. The number of carbonyl (C=O) groups is 1. The summed E-state index contributed by atoms with van der Waals surface area (Å²) in [6.45, 7) is 1.14. The van der Waals surface area contributed by atoms with E-state index in [2.05, 4.69) is 4.98 Å². The summed E-state index contributed by atoms with van der Waals surface area (Å²) in [7, 11) is -3.22. The quantitative estimate of drug-likeness (QED) is 0.846. The van der Waals surface area contributed by atoms with E-state index in [9.17, 15) is 13.2 Å². The van der Waals surface area contributed by atoms with Crippen molar-refractivity contribution in [2.24, 2.45) is 0 Å². The van der Waals surface area contributed by atoms with Crippen LogP contribution in [0.3, 0.4) is 0 Å². The van der Waals surface area contributed by atoms with Crippen molar-refractivity contribution in [3.8, 4) is 5.75 Å². The second-order valence-electron chi connectivity index (χ2n) is 6.28. The number of sulfone groups is 1. The number of amides is 1.